The fourth-order valence-electron chi connectivity index (χ4n) is 1.89. The maximum Gasteiger partial charge on any atom is 0.273 e. The van der Waals surface area contributed by atoms with Gasteiger partial charge < -0.3 is 14.3 Å². The van der Waals surface area contributed by atoms with Crippen molar-refractivity contribution >= 4 is 10.0 Å². The Kier molecular flexibility index (Phi) is 5.54. The molecule has 0 atom stereocenters. The number of sulfonamides is 1. The summed E-state index contributed by atoms with van der Waals surface area (Å²) in [5.41, 5.74) is 0. The summed E-state index contributed by atoms with van der Waals surface area (Å²) in [5, 5.41) is 2.87. The van der Waals surface area contributed by atoms with Crippen molar-refractivity contribution in [2.75, 3.05) is 13.6 Å². The summed E-state index contributed by atoms with van der Waals surface area (Å²) in [6, 6.07) is 3.13. The molecule has 0 aromatic carbocycles. The van der Waals surface area contributed by atoms with E-state index in [-0.39, 0.29) is 5.09 Å². The molecule has 2 heterocycles. The van der Waals surface area contributed by atoms with Crippen LogP contribution in [0.5, 0.6) is 0 Å². The van der Waals surface area contributed by atoms with Crippen LogP contribution in [0.4, 0.5) is 0 Å². The van der Waals surface area contributed by atoms with Crippen molar-refractivity contribution in [2.45, 2.75) is 31.0 Å². The molecule has 0 spiro atoms. The molecule has 2 rings (SSSR count). The quantitative estimate of drug-likeness (QED) is 0.673. The lowest BCUT2D eigenvalue weighted by molar-refractivity contribution is 0.404. The number of hydrogen-bond donors (Lipinski definition) is 2. The van der Waals surface area contributed by atoms with Gasteiger partial charge in [0.25, 0.3) is 10.0 Å². The smallest absolute Gasteiger partial charge is 0.273 e. The number of unbranched alkanes of at least 4 members (excludes halogenated alkanes) is 1. The SMILES string of the molecule is CNCc1ccc(S(=O)(=O)NCCCCn2ccnc2)o1. The Morgan fingerprint density at radius 2 is 2.19 bits per heavy atom. The molecule has 0 aliphatic rings. The molecule has 0 bridgehead atoms. The molecule has 2 aromatic rings. The largest absolute Gasteiger partial charge is 0.447 e. The first-order valence-electron chi connectivity index (χ1n) is 6.80. The van der Waals surface area contributed by atoms with E-state index in [4.69, 9.17) is 4.42 Å². The van der Waals surface area contributed by atoms with Gasteiger partial charge in [0.05, 0.1) is 12.9 Å². The van der Waals surface area contributed by atoms with Gasteiger partial charge in [-0.25, -0.2) is 18.1 Å². The summed E-state index contributed by atoms with van der Waals surface area (Å²) in [6.07, 6.45) is 6.98. The fraction of sp³-hybridized carbons (Fsp3) is 0.462. The van der Waals surface area contributed by atoms with Crippen LogP contribution in [-0.2, 0) is 23.1 Å². The summed E-state index contributed by atoms with van der Waals surface area (Å²) in [5.74, 6) is 0.595. The number of aromatic nitrogens is 2. The van der Waals surface area contributed by atoms with Gasteiger partial charge in [0.1, 0.15) is 5.76 Å². The maximum atomic E-state index is 12.0. The molecule has 21 heavy (non-hydrogen) atoms. The normalized spacial score (nSPS) is 11.9. The summed E-state index contributed by atoms with van der Waals surface area (Å²) in [6.45, 7) is 1.72. The van der Waals surface area contributed by atoms with E-state index in [1.807, 2.05) is 10.8 Å². The number of nitrogens with one attached hydrogen (secondary N) is 2. The molecule has 0 fully saturated rings. The van der Waals surface area contributed by atoms with Crippen molar-refractivity contribution in [2.24, 2.45) is 0 Å². The highest BCUT2D eigenvalue weighted by Crippen LogP contribution is 2.13. The Labute approximate surface area is 124 Å². The van der Waals surface area contributed by atoms with Gasteiger partial charge in [-0.1, -0.05) is 0 Å². The minimum absolute atomic E-state index is 0.0395. The molecule has 7 nitrogen and oxygen atoms in total. The molecule has 0 amide bonds. The Hall–Kier alpha value is -1.64. The molecular formula is C13H20N4O3S. The van der Waals surface area contributed by atoms with Crippen LogP contribution in [0.2, 0.25) is 0 Å². The summed E-state index contributed by atoms with van der Waals surface area (Å²) < 4.78 is 33.8. The summed E-state index contributed by atoms with van der Waals surface area (Å²) >= 11 is 0. The van der Waals surface area contributed by atoms with Crippen LogP contribution in [0.1, 0.15) is 18.6 Å². The van der Waals surface area contributed by atoms with Gasteiger partial charge in [0, 0.05) is 25.5 Å². The van der Waals surface area contributed by atoms with E-state index in [0.29, 0.717) is 18.8 Å². The minimum atomic E-state index is -3.56. The van der Waals surface area contributed by atoms with Gasteiger partial charge >= 0.3 is 0 Å². The van der Waals surface area contributed by atoms with Crippen LogP contribution in [-0.4, -0.2) is 31.6 Å². The highest BCUT2D eigenvalue weighted by atomic mass is 32.2. The van der Waals surface area contributed by atoms with Gasteiger partial charge in [-0.05, 0) is 32.0 Å². The van der Waals surface area contributed by atoms with Crippen LogP contribution in [0.15, 0.2) is 40.4 Å². The molecule has 0 radical (unpaired) electrons. The molecular weight excluding hydrogens is 292 g/mol. The number of rotatable bonds is 9. The second-order valence-corrected chi connectivity index (χ2v) is 6.35. The van der Waals surface area contributed by atoms with Crippen molar-refractivity contribution in [3.8, 4) is 0 Å². The van der Waals surface area contributed by atoms with Gasteiger partial charge in [0.15, 0.2) is 0 Å². The van der Waals surface area contributed by atoms with Gasteiger partial charge in [-0.15, -0.1) is 0 Å². The number of imidazole rings is 1. The van der Waals surface area contributed by atoms with Crippen molar-refractivity contribution in [1.82, 2.24) is 19.6 Å². The molecule has 8 heteroatoms. The highest BCUT2D eigenvalue weighted by Gasteiger charge is 2.17. The minimum Gasteiger partial charge on any atom is -0.447 e. The van der Waals surface area contributed by atoms with Gasteiger partial charge in [0.2, 0.25) is 5.09 Å². The highest BCUT2D eigenvalue weighted by molar-refractivity contribution is 7.89. The van der Waals surface area contributed by atoms with Crippen molar-refractivity contribution in [1.29, 1.82) is 0 Å². The molecule has 2 aromatic heterocycles. The Balaban J connectivity index is 1.75. The third-order valence-electron chi connectivity index (χ3n) is 2.95. The lowest BCUT2D eigenvalue weighted by Gasteiger charge is -2.05. The third-order valence-corrected chi connectivity index (χ3v) is 4.28. The first-order valence-corrected chi connectivity index (χ1v) is 8.29. The van der Waals surface area contributed by atoms with E-state index in [1.54, 1.807) is 25.6 Å². The molecule has 0 saturated carbocycles. The average Bonchev–Trinajstić information content (AvgIpc) is 3.10. The van der Waals surface area contributed by atoms with E-state index in [0.717, 1.165) is 19.4 Å². The van der Waals surface area contributed by atoms with Crippen LogP contribution in [0.3, 0.4) is 0 Å². The Bertz CT molecular complexity index is 634. The summed E-state index contributed by atoms with van der Waals surface area (Å²) in [4.78, 5) is 3.95. The molecule has 0 saturated heterocycles. The molecule has 0 unspecified atom stereocenters. The van der Waals surface area contributed by atoms with Gasteiger partial charge in [-0.2, -0.15) is 0 Å². The number of nitrogens with zero attached hydrogens (tertiary/aromatic N) is 2. The standard InChI is InChI=1S/C13H20N4O3S/c1-14-10-12-4-5-13(20-12)21(18,19)16-6-2-3-8-17-9-7-15-11-17/h4-5,7,9,11,14,16H,2-3,6,8,10H2,1H3. The lowest BCUT2D eigenvalue weighted by atomic mass is 10.3. The van der Waals surface area contributed by atoms with E-state index in [9.17, 15) is 8.42 Å². The van der Waals surface area contributed by atoms with Crippen molar-refractivity contribution < 1.29 is 12.8 Å². The van der Waals surface area contributed by atoms with E-state index in [1.165, 1.54) is 6.07 Å². The van der Waals surface area contributed by atoms with Crippen LogP contribution in [0.25, 0.3) is 0 Å². The van der Waals surface area contributed by atoms with Crippen molar-refractivity contribution in [3.63, 3.8) is 0 Å². The predicted molar refractivity (Wildman–Crippen MR) is 78.1 cm³/mol. The Morgan fingerprint density at radius 1 is 1.33 bits per heavy atom. The van der Waals surface area contributed by atoms with E-state index in [2.05, 4.69) is 15.0 Å². The predicted octanol–water partition coefficient (Wildman–Crippen LogP) is 0.954. The first kappa shape index (κ1) is 15.7. The van der Waals surface area contributed by atoms with Crippen molar-refractivity contribution in [3.05, 3.63) is 36.6 Å². The zero-order chi connectivity index (χ0) is 15.1. The first-order chi connectivity index (χ1) is 10.1. The monoisotopic (exact) mass is 312 g/mol. The zero-order valence-electron chi connectivity index (χ0n) is 11.9. The molecule has 116 valence electrons. The van der Waals surface area contributed by atoms with E-state index < -0.39 is 10.0 Å². The second kappa shape index (κ2) is 7.39. The maximum absolute atomic E-state index is 12.0. The fourth-order valence-corrected chi connectivity index (χ4v) is 2.91. The van der Waals surface area contributed by atoms with Gasteiger partial charge in [-0.3, -0.25) is 0 Å². The topological polar surface area (TPSA) is 89.2 Å². The average molecular weight is 312 g/mol. The molecule has 2 N–H and O–H groups in total. The number of furan rings is 1. The zero-order valence-corrected chi connectivity index (χ0v) is 12.8. The van der Waals surface area contributed by atoms with Crippen LogP contribution in [0, 0.1) is 0 Å². The second-order valence-electron chi connectivity index (χ2n) is 4.66. The summed E-state index contributed by atoms with van der Waals surface area (Å²) in [7, 11) is -1.78. The van der Waals surface area contributed by atoms with Crippen LogP contribution < -0.4 is 10.0 Å². The van der Waals surface area contributed by atoms with Crippen LogP contribution >= 0.6 is 0 Å². The number of hydrogen-bond acceptors (Lipinski definition) is 5. The van der Waals surface area contributed by atoms with E-state index >= 15 is 0 Å². The third kappa shape index (κ3) is 4.69. The molecule has 0 aliphatic carbocycles. The molecule has 0 aliphatic heterocycles. The number of aryl methyl sites for hydroxylation is 1. The lowest BCUT2D eigenvalue weighted by Crippen LogP contribution is -2.24. The Morgan fingerprint density at radius 3 is 2.90 bits per heavy atom.